The second-order valence-corrected chi connectivity index (χ2v) is 10.9. The average molecular weight is 436 g/mol. The lowest BCUT2D eigenvalue weighted by Crippen LogP contribution is -2.43. The molecule has 1 N–H and O–H groups in total. The van der Waals surface area contributed by atoms with Gasteiger partial charge in [0, 0.05) is 42.6 Å². The maximum atomic E-state index is 12.5. The molecule has 2 heterocycles. The van der Waals surface area contributed by atoms with Crippen LogP contribution in [0.3, 0.4) is 0 Å². The molecule has 1 saturated carbocycles. The zero-order valence-electron chi connectivity index (χ0n) is 17.9. The Morgan fingerprint density at radius 2 is 1.84 bits per heavy atom. The van der Waals surface area contributed by atoms with Crippen LogP contribution in [0.4, 0.5) is 5.69 Å². The first-order valence-electron chi connectivity index (χ1n) is 11.3. The number of aryl methyl sites for hydroxylation is 1. The van der Waals surface area contributed by atoms with Gasteiger partial charge in [0.2, 0.25) is 10.0 Å². The molecule has 5 nitrogen and oxygen atoms in total. The number of piperidine rings is 1. The number of nitrogens with zero attached hydrogens (tertiary/aromatic N) is 2. The van der Waals surface area contributed by atoms with Gasteiger partial charge in [-0.15, -0.1) is 0 Å². The molecule has 0 unspecified atom stereocenters. The van der Waals surface area contributed by atoms with Crippen LogP contribution in [0.5, 0.6) is 0 Å². The lowest BCUT2D eigenvalue weighted by atomic mass is 9.97. The quantitative estimate of drug-likeness (QED) is 0.602. The van der Waals surface area contributed by atoms with E-state index in [-0.39, 0.29) is 11.3 Å². The first-order chi connectivity index (χ1) is 15.0. The number of hydrogen-bond acceptors (Lipinski definition) is 4. The van der Waals surface area contributed by atoms with Crippen LogP contribution in [0.25, 0.3) is 21.9 Å². The Morgan fingerprint density at radius 1 is 1.03 bits per heavy atom. The van der Waals surface area contributed by atoms with Crippen LogP contribution in [0.15, 0.2) is 54.9 Å². The van der Waals surface area contributed by atoms with Crippen molar-refractivity contribution in [3.05, 3.63) is 60.4 Å². The number of sulfonamides is 1. The minimum Gasteiger partial charge on any atom is -0.382 e. The van der Waals surface area contributed by atoms with Gasteiger partial charge in [0.25, 0.3) is 0 Å². The smallest absolute Gasteiger partial charge is 0.216 e. The van der Waals surface area contributed by atoms with Gasteiger partial charge in [-0.1, -0.05) is 31.2 Å². The van der Waals surface area contributed by atoms with Crippen molar-refractivity contribution < 1.29 is 8.42 Å². The summed E-state index contributed by atoms with van der Waals surface area (Å²) in [5, 5.41) is 5.86. The molecule has 5 rings (SSSR count). The summed E-state index contributed by atoms with van der Waals surface area (Å²) in [7, 11) is -3.07. The maximum absolute atomic E-state index is 12.5. The third-order valence-corrected chi connectivity index (χ3v) is 8.94. The van der Waals surface area contributed by atoms with E-state index in [9.17, 15) is 8.42 Å². The van der Waals surface area contributed by atoms with Crippen LogP contribution in [-0.4, -0.2) is 42.1 Å². The summed E-state index contributed by atoms with van der Waals surface area (Å²) in [6.07, 6.45) is 8.05. The van der Waals surface area contributed by atoms with Crippen LogP contribution in [-0.2, 0) is 16.4 Å². The number of hydrogen-bond donors (Lipinski definition) is 1. The second kappa shape index (κ2) is 8.24. The largest absolute Gasteiger partial charge is 0.382 e. The lowest BCUT2D eigenvalue weighted by molar-refractivity contribution is 0.329. The summed E-state index contributed by atoms with van der Waals surface area (Å²) in [6, 6.07) is 15.4. The van der Waals surface area contributed by atoms with Crippen molar-refractivity contribution in [2.24, 2.45) is 0 Å². The highest BCUT2D eigenvalue weighted by molar-refractivity contribution is 7.90. The zero-order chi connectivity index (χ0) is 21.4. The van der Waals surface area contributed by atoms with Gasteiger partial charge in [0.05, 0.1) is 5.25 Å². The van der Waals surface area contributed by atoms with E-state index in [4.69, 9.17) is 0 Å². The van der Waals surface area contributed by atoms with E-state index >= 15 is 0 Å². The molecule has 2 aliphatic rings. The fourth-order valence-corrected chi connectivity index (χ4v) is 6.38. The third-order valence-electron chi connectivity index (χ3n) is 6.54. The summed E-state index contributed by atoms with van der Waals surface area (Å²) >= 11 is 0. The Morgan fingerprint density at radius 3 is 2.58 bits per heavy atom. The van der Waals surface area contributed by atoms with E-state index in [1.54, 1.807) is 4.31 Å². The van der Waals surface area contributed by atoms with Gasteiger partial charge in [0.15, 0.2) is 0 Å². The summed E-state index contributed by atoms with van der Waals surface area (Å²) < 4.78 is 26.8. The molecule has 0 spiro atoms. The number of pyridine rings is 1. The number of aromatic nitrogens is 1. The lowest BCUT2D eigenvalue weighted by Gasteiger charge is -2.32. The molecule has 162 valence electrons. The Labute approximate surface area is 184 Å². The molecule has 0 atom stereocenters. The molecule has 2 aromatic carbocycles. The topological polar surface area (TPSA) is 62.3 Å². The first kappa shape index (κ1) is 20.5. The van der Waals surface area contributed by atoms with Crippen LogP contribution in [0, 0.1) is 0 Å². The molecule has 3 aromatic rings. The van der Waals surface area contributed by atoms with Gasteiger partial charge in [-0.3, -0.25) is 4.98 Å². The van der Waals surface area contributed by atoms with Gasteiger partial charge < -0.3 is 5.32 Å². The minimum absolute atomic E-state index is 0.123. The third kappa shape index (κ3) is 4.19. The zero-order valence-corrected chi connectivity index (χ0v) is 18.7. The maximum Gasteiger partial charge on any atom is 0.216 e. The summed E-state index contributed by atoms with van der Waals surface area (Å²) in [5.74, 6) is 0. The molecule has 2 fully saturated rings. The van der Waals surface area contributed by atoms with Gasteiger partial charge >= 0.3 is 0 Å². The Hall–Kier alpha value is -2.44. The molecule has 1 aliphatic carbocycles. The van der Waals surface area contributed by atoms with Crippen molar-refractivity contribution in [1.29, 1.82) is 0 Å². The first-order valence-corrected chi connectivity index (χ1v) is 12.8. The van der Waals surface area contributed by atoms with E-state index in [2.05, 4.69) is 59.7 Å². The molecule has 0 radical (unpaired) electrons. The molecule has 1 aliphatic heterocycles. The highest BCUT2D eigenvalue weighted by atomic mass is 32.2. The average Bonchev–Trinajstić information content (AvgIpc) is 3.66. The Bertz CT molecular complexity index is 1200. The molecule has 1 aromatic heterocycles. The minimum atomic E-state index is -3.07. The highest BCUT2D eigenvalue weighted by Crippen LogP contribution is 2.34. The summed E-state index contributed by atoms with van der Waals surface area (Å²) in [5.41, 5.74) is 4.80. The van der Waals surface area contributed by atoms with Gasteiger partial charge in [0.1, 0.15) is 0 Å². The monoisotopic (exact) mass is 435 g/mol. The number of rotatable bonds is 6. The van der Waals surface area contributed by atoms with Crippen molar-refractivity contribution in [1.82, 2.24) is 9.29 Å². The Balaban J connectivity index is 1.40. The van der Waals surface area contributed by atoms with E-state index in [0.717, 1.165) is 48.6 Å². The van der Waals surface area contributed by atoms with Crippen molar-refractivity contribution in [2.75, 3.05) is 18.4 Å². The van der Waals surface area contributed by atoms with Gasteiger partial charge in [-0.2, -0.15) is 0 Å². The predicted molar refractivity (Wildman–Crippen MR) is 127 cm³/mol. The van der Waals surface area contributed by atoms with Crippen molar-refractivity contribution in [3.8, 4) is 11.1 Å². The van der Waals surface area contributed by atoms with E-state index in [1.807, 2.05) is 12.4 Å². The highest BCUT2D eigenvalue weighted by Gasteiger charge is 2.41. The normalized spacial score (nSPS) is 18.4. The van der Waals surface area contributed by atoms with E-state index in [0.29, 0.717) is 13.1 Å². The van der Waals surface area contributed by atoms with Crippen LogP contribution in [0.2, 0.25) is 0 Å². The standard InChI is InChI=1S/C25H29N3O2S/c1-2-18-4-3-5-19(14-18)21-15-20-8-11-26-17-24(20)25(16-21)27-22-9-12-28(13-10-22)31(29,30)23-6-7-23/h3-5,8,11,14-17,22-23,27H,2,6-7,9-10,12-13H2,1H3. The molecule has 31 heavy (non-hydrogen) atoms. The van der Waals surface area contributed by atoms with E-state index in [1.165, 1.54) is 16.7 Å². The second-order valence-electron chi connectivity index (χ2n) is 8.74. The number of anilines is 1. The van der Waals surface area contributed by atoms with Crippen molar-refractivity contribution >= 4 is 26.5 Å². The van der Waals surface area contributed by atoms with Crippen molar-refractivity contribution in [2.45, 2.75) is 50.3 Å². The molecule has 0 amide bonds. The van der Waals surface area contributed by atoms with Gasteiger partial charge in [-0.25, -0.2) is 12.7 Å². The van der Waals surface area contributed by atoms with E-state index < -0.39 is 10.0 Å². The molecule has 6 heteroatoms. The number of fused-ring (bicyclic) bond motifs is 1. The summed E-state index contributed by atoms with van der Waals surface area (Å²) in [6.45, 7) is 3.38. The van der Waals surface area contributed by atoms with Gasteiger partial charge in [-0.05, 0) is 72.4 Å². The van der Waals surface area contributed by atoms with Crippen molar-refractivity contribution in [3.63, 3.8) is 0 Å². The molecular weight excluding hydrogens is 406 g/mol. The Kier molecular flexibility index (Phi) is 5.44. The number of benzene rings is 2. The summed E-state index contributed by atoms with van der Waals surface area (Å²) in [4.78, 5) is 4.34. The SMILES string of the molecule is CCc1cccc(-c2cc(NC3CCN(S(=O)(=O)C4CC4)CC3)c3cnccc3c2)c1. The molecule has 1 saturated heterocycles. The fraction of sp³-hybridized carbons (Fsp3) is 0.400. The molecule has 0 bridgehead atoms. The van der Waals surface area contributed by atoms with Crippen LogP contribution in [0.1, 0.15) is 38.2 Å². The van der Waals surface area contributed by atoms with Crippen LogP contribution < -0.4 is 5.32 Å². The van der Waals surface area contributed by atoms with Crippen LogP contribution >= 0.6 is 0 Å². The predicted octanol–water partition coefficient (Wildman–Crippen LogP) is 4.83. The fourth-order valence-electron chi connectivity index (χ4n) is 4.51. The number of nitrogens with one attached hydrogen (secondary N) is 1. The molecular formula is C25H29N3O2S.